The van der Waals surface area contributed by atoms with Gasteiger partial charge >= 0.3 is 5.97 Å². The molecule has 0 radical (unpaired) electrons. The Labute approximate surface area is 128 Å². The molecule has 1 rings (SSSR count). The highest BCUT2D eigenvalue weighted by Crippen LogP contribution is 2.33. The van der Waals surface area contributed by atoms with Gasteiger partial charge in [-0.3, -0.25) is 4.79 Å². The first kappa shape index (κ1) is 17.0. The minimum absolute atomic E-state index is 0.0315. The molecule has 1 aromatic heterocycles. The molecule has 1 aromatic rings. The number of ether oxygens (including phenoxy) is 1. The van der Waals surface area contributed by atoms with Gasteiger partial charge in [0.2, 0.25) is 5.91 Å². The molecule has 0 aliphatic heterocycles. The molecular formula is C14H21NO3S2. The second kappa shape index (κ2) is 6.63. The maximum Gasteiger partial charge on any atom is 0.341 e. The number of esters is 1. The van der Waals surface area contributed by atoms with Crippen LogP contribution in [-0.4, -0.2) is 29.5 Å². The molecule has 0 aliphatic rings. The lowest BCUT2D eigenvalue weighted by Gasteiger charge is -2.16. The molecule has 0 atom stereocenters. The van der Waals surface area contributed by atoms with E-state index in [1.807, 2.05) is 13.8 Å². The summed E-state index contributed by atoms with van der Waals surface area (Å²) in [5.74, 6) is -0.151. The molecule has 20 heavy (non-hydrogen) atoms. The third-order valence-electron chi connectivity index (χ3n) is 2.66. The van der Waals surface area contributed by atoms with Gasteiger partial charge in [-0.1, -0.05) is 20.8 Å². The average Bonchev–Trinajstić information content (AvgIpc) is 2.61. The van der Waals surface area contributed by atoms with Gasteiger partial charge in [0.15, 0.2) is 0 Å². The summed E-state index contributed by atoms with van der Waals surface area (Å²) in [6.07, 6.45) is 0. The Kier molecular flexibility index (Phi) is 5.65. The first-order chi connectivity index (χ1) is 9.15. The standard InChI is InChI=1S/C14H21NO3S2/c1-8-9(2)20-12(11(8)13(17)18-6)15-10(16)7-19-14(3,4)5/h7H2,1-6H3,(H,15,16). The van der Waals surface area contributed by atoms with Gasteiger partial charge in [0.1, 0.15) is 5.00 Å². The van der Waals surface area contributed by atoms with E-state index in [9.17, 15) is 9.59 Å². The lowest BCUT2D eigenvalue weighted by atomic mass is 10.1. The van der Waals surface area contributed by atoms with Crippen molar-refractivity contribution < 1.29 is 14.3 Å². The number of rotatable bonds is 4. The molecule has 0 spiro atoms. The van der Waals surface area contributed by atoms with Crippen molar-refractivity contribution in [2.24, 2.45) is 0 Å². The molecule has 0 unspecified atom stereocenters. The predicted molar refractivity (Wildman–Crippen MR) is 86.0 cm³/mol. The van der Waals surface area contributed by atoms with Crippen LogP contribution < -0.4 is 5.32 Å². The zero-order valence-corrected chi connectivity index (χ0v) is 14.4. The Morgan fingerprint density at radius 1 is 1.30 bits per heavy atom. The fourth-order valence-corrected chi connectivity index (χ4v) is 3.21. The number of hydrogen-bond acceptors (Lipinski definition) is 5. The van der Waals surface area contributed by atoms with Crippen LogP contribution in [0, 0.1) is 13.8 Å². The van der Waals surface area contributed by atoms with E-state index in [1.165, 1.54) is 18.4 Å². The van der Waals surface area contributed by atoms with E-state index in [4.69, 9.17) is 4.74 Å². The smallest absolute Gasteiger partial charge is 0.341 e. The summed E-state index contributed by atoms with van der Waals surface area (Å²) in [5, 5.41) is 3.39. The van der Waals surface area contributed by atoms with E-state index in [2.05, 4.69) is 26.1 Å². The first-order valence-electron chi connectivity index (χ1n) is 6.28. The van der Waals surface area contributed by atoms with E-state index in [-0.39, 0.29) is 10.7 Å². The van der Waals surface area contributed by atoms with Crippen LogP contribution >= 0.6 is 23.1 Å². The Bertz CT molecular complexity index is 515. The fourth-order valence-electron chi connectivity index (χ4n) is 1.51. The SMILES string of the molecule is COC(=O)c1c(NC(=O)CSC(C)(C)C)sc(C)c1C. The molecule has 112 valence electrons. The number of hydrogen-bond donors (Lipinski definition) is 1. The van der Waals surface area contributed by atoms with Crippen molar-refractivity contribution in [1.82, 2.24) is 0 Å². The maximum absolute atomic E-state index is 12.0. The van der Waals surface area contributed by atoms with Crippen LogP contribution in [0.3, 0.4) is 0 Å². The van der Waals surface area contributed by atoms with Gasteiger partial charge in [0.25, 0.3) is 0 Å². The van der Waals surface area contributed by atoms with Crippen LogP contribution in [0.5, 0.6) is 0 Å². The summed E-state index contributed by atoms with van der Waals surface area (Å²) in [7, 11) is 1.34. The highest BCUT2D eigenvalue weighted by atomic mass is 32.2. The molecule has 1 heterocycles. The minimum atomic E-state index is -0.411. The zero-order valence-electron chi connectivity index (χ0n) is 12.7. The first-order valence-corrected chi connectivity index (χ1v) is 8.08. The van der Waals surface area contributed by atoms with Gasteiger partial charge in [0, 0.05) is 9.62 Å². The molecule has 1 amide bonds. The molecular weight excluding hydrogens is 294 g/mol. The predicted octanol–water partition coefficient (Wildman–Crippen LogP) is 3.62. The van der Waals surface area contributed by atoms with E-state index in [0.29, 0.717) is 16.3 Å². The lowest BCUT2D eigenvalue weighted by Crippen LogP contribution is -2.19. The van der Waals surface area contributed by atoms with Crippen molar-refractivity contribution >= 4 is 40.0 Å². The van der Waals surface area contributed by atoms with E-state index < -0.39 is 5.97 Å². The molecule has 0 aliphatic carbocycles. The number of nitrogens with one attached hydrogen (secondary N) is 1. The van der Waals surface area contributed by atoms with Crippen molar-refractivity contribution in [3.8, 4) is 0 Å². The van der Waals surface area contributed by atoms with Crippen LogP contribution in [0.15, 0.2) is 0 Å². The van der Waals surface area contributed by atoms with Crippen LogP contribution in [0.25, 0.3) is 0 Å². The van der Waals surface area contributed by atoms with Gasteiger partial charge < -0.3 is 10.1 Å². The Morgan fingerprint density at radius 2 is 1.90 bits per heavy atom. The Morgan fingerprint density at radius 3 is 2.40 bits per heavy atom. The van der Waals surface area contributed by atoms with Gasteiger partial charge in [-0.05, 0) is 19.4 Å². The van der Waals surface area contributed by atoms with Crippen LogP contribution in [0.4, 0.5) is 5.00 Å². The van der Waals surface area contributed by atoms with E-state index in [1.54, 1.807) is 11.8 Å². The summed E-state index contributed by atoms with van der Waals surface area (Å²) in [5.41, 5.74) is 1.32. The molecule has 1 N–H and O–H groups in total. The van der Waals surface area contributed by atoms with Gasteiger partial charge in [-0.15, -0.1) is 23.1 Å². The van der Waals surface area contributed by atoms with Crippen LogP contribution in [0.1, 0.15) is 41.6 Å². The third-order valence-corrected chi connectivity index (χ3v) is 5.06. The van der Waals surface area contributed by atoms with Gasteiger partial charge in [-0.2, -0.15) is 0 Å². The molecule has 0 bridgehead atoms. The summed E-state index contributed by atoms with van der Waals surface area (Å²) in [4.78, 5) is 24.8. The summed E-state index contributed by atoms with van der Waals surface area (Å²) in [6.45, 7) is 9.96. The van der Waals surface area contributed by atoms with Gasteiger partial charge in [-0.25, -0.2) is 4.79 Å². The number of methoxy groups -OCH3 is 1. The van der Waals surface area contributed by atoms with Crippen molar-refractivity contribution in [3.63, 3.8) is 0 Å². The Hall–Kier alpha value is -1.01. The second-order valence-electron chi connectivity index (χ2n) is 5.43. The second-order valence-corrected chi connectivity index (χ2v) is 8.46. The van der Waals surface area contributed by atoms with E-state index >= 15 is 0 Å². The summed E-state index contributed by atoms with van der Waals surface area (Å²) in [6, 6.07) is 0. The summed E-state index contributed by atoms with van der Waals surface area (Å²) >= 11 is 2.97. The summed E-state index contributed by atoms with van der Waals surface area (Å²) < 4.78 is 4.81. The minimum Gasteiger partial charge on any atom is -0.465 e. The Balaban J connectivity index is 2.85. The number of carbonyl (C=O) groups excluding carboxylic acids is 2. The highest BCUT2D eigenvalue weighted by Gasteiger charge is 2.22. The van der Waals surface area contributed by atoms with Crippen molar-refractivity contribution in [3.05, 3.63) is 16.0 Å². The van der Waals surface area contributed by atoms with Crippen molar-refractivity contribution in [2.45, 2.75) is 39.4 Å². The number of anilines is 1. The zero-order chi connectivity index (χ0) is 15.5. The quantitative estimate of drug-likeness (QED) is 0.862. The average molecular weight is 315 g/mol. The number of thioether (sulfide) groups is 1. The monoisotopic (exact) mass is 315 g/mol. The fraction of sp³-hybridized carbons (Fsp3) is 0.571. The molecule has 0 aromatic carbocycles. The van der Waals surface area contributed by atoms with Crippen molar-refractivity contribution in [1.29, 1.82) is 0 Å². The number of aryl methyl sites for hydroxylation is 1. The molecule has 0 saturated heterocycles. The maximum atomic E-state index is 12.0. The van der Waals surface area contributed by atoms with Crippen LogP contribution in [0.2, 0.25) is 0 Å². The van der Waals surface area contributed by atoms with E-state index in [0.717, 1.165) is 10.4 Å². The topological polar surface area (TPSA) is 55.4 Å². The molecule has 0 saturated carbocycles. The van der Waals surface area contributed by atoms with Crippen LogP contribution in [-0.2, 0) is 9.53 Å². The molecule has 6 heteroatoms. The third kappa shape index (κ3) is 4.52. The number of amides is 1. The largest absolute Gasteiger partial charge is 0.465 e. The molecule has 0 fully saturated rings. The van der Waals surface area contributed by atoms with Gasteiger partial charge in [0.05, 0.1) is 18.4 Å². The highest BCUT2D eigenvalue weighted by molar-refractivity contribution is 8.01. The molecule has 4 nitrogen and oxygen atoms in total. The lowest BCUT2D eigenvalue weighted by molar-refractivity contribution is -0.113. The normalized spacial score (nSPS) is 11.3. The number of thiophene rings is 1. The van der Waals surface area contributed by atoms with Crippen molar-refractivity contribution in [2.75, 3.05) is 18.2 Å². The number of carbonyl (C=O) groups is 2.